The standard InChI is InChI=1S/C33H30N2O/c1-33(2,3)29-14-8-11-24(32(29)36)19-34-35-20-25-17-15-22-9-4-6-12-27(22)30(25)31-26(21-35)18-16-23-10-5-7-13-28(23)31/h4-19,36H,20-21H2,1-3H3/b34-19+. The van der Waals surface area contributed by atoms with Crippen LogP contribution in [0.5, 0.6) is 5.75 Å². The number of phenolic OH excluding ortho intramolecular Hbond substituents is 1. The minimum atomic E-state index is -0.142. The second-order valence-corrected chi connectivity index (χ2v) is 10.7. The zero-order valence-electron chi connectivity index (χ0n) is 21.0. The Kier molecular flexibility index (Phi) is 5.30. The van der Waals surface area contributed by atoms with E-state index in [1.165, 1.54) is 43.8 Å². The fraction of sp³-hybridized carbons (Fsp3) is 0.182. The van der Waals surface area contributed by atoms with Crippen LogP contribution in [0.3, 0.4) is 0 Å². The van der Waals surface area contributed by atoms with E-state index in [0.717, 1.165) is 11.1 Å². The van der Waals surface area contributed by atoms with Gasteiger partial charge in [-0.1, -0.05) is 106 Å². The molecule has 3 nitrogen and oxygen atoms in total. The van der Waals surface area contributed by atoms with Crippen molar-refractivity contribution in [1.29, 1.82) is 0 Å². The molecular weight excluding hydrogens is 440 g/mol. The fourth-order valence-corrected chi connectivity index (χ4v) is 5.43. The highest BCUT2D eigenvalue weighted by atomic mass is 16.3. The van der Waals surface area contributed by atoms with E-state index in [9.17, 15) is 5.11 Å². The molecule has 5 aromatic rings. The van der Waals surface area contributed by atoms with Crippen LogP contribution in [0.4, 0.5) is 0 Å². The Bertz CT molecular complexity index is 1550. The number of fused-ring (bicyclic) bond motifs is 7. The van der Waals surface area contributed by atoms with Gasteiger partial charge in [0, 0.05) is 5.56 Å². The van der Waals surface area contributed by atoms with Crippen LogP contribution in [0.1, 0.15) is 43.0 Å². The lowest BCUT2D eigenvalue weighted by molar-refractivity contribution is 0.276. The van der Waals surface area contributed by atoms with E-state index >= 15 is 0 Å². The molecule has 0 spiro atoms. The molecule has 1 aliphatic rings. The van der Waals surface area contributed by atoms with Crippen LogP contribution in [0, 0.1) is 0 Å². The van der Waals surface area contributed by atoms with Crippen LogP contribution in [-0.4, -0.2) is 16.3 Å². The van der Waals surface area contributed by atoms with Crippen molar-refractivity contribution < 1.29 is 5.11 Å². The number of hydrazone groups is 1. The number of rotatable bonds is 2. The van der Waals surface area contributed by atoms with Gasteiger partial charge in [-0.15, -0.1) is 0 Å². The summed E-state index contributed by atoms with van der Waals surface area (Å²) in [5.41, 5.74) is 6.64. The summed E-state index contributed by atoms with van der Waals surface area (Å²) < 4.78 is 0. The minimum Gasteiger partial charge on any atom is -0.507 e. The Hall–Kier alpha value is -4.11. The van der Waals surface area contributed by atoms with E-state index < -0.39 is 0 Å². The highest BCUT2D eigenvalue weighted by Gasteiger charge is 2.23. The largest absolute Gasteiger partial charge is 0.507 e. The Balaban J connectivity index is 1.51. The van der Waals surface area contributed by atoms with Crippen LogP contribution in [0.25, 0.3) is 32.7 Å². The number of phenols is 1. The average Bonchev–Trinajstić information content (AvgIpc) is 3.04. The predicted octanol–water partition coefficient (Wildman–Crippen LogP) is 8.01. The van der Waals surface area contributed by atoms with Crippen molar-refractivity contribution >= 4 is 27.8 Å². The normalized spacial score (nSPS) is 13.7. The molecule has 0 bridgehead atoms. The maximum absolute atomic E-state index is 11.0. The average molecular weight is 471 g/mol. The first kappa shape index (κ1) is 22.4. The number of aromatic hydroxyl groups is 1. The lowest BCUT2D eigenvalue weighted by Crippen LogP contribution is -2.16. The molecule has 36 heavy (non-hydrogen) atoms. The van der Waals surface area contributed by atoms with Crippen LogP contribution in [-0.2, 0) is 18.5 Å². The second-order valence-electron chi connectivity index (χ2n) is 10.7. The Morgan fingerprint density at radius 3 is 1.81 bits per heavy atom. The van der Waals surface area contributed by atoms with Gasteiger partial charge in [0.25, 0.3) is 0 Å². The summed E-state index contributed by atoms with van der Waals surface area (Å²) in [6.07, 6.45) is 1.80. The first-order valence-electron chi connectivity index (χ1n) is 12.5. The van der Waals surface area contributed by atoms with Crippen molar-refractivity contribution in [3.05, 3.63) is 113 Å². The van der Waals surface area contributed by atoms with Crippen LogP contribution in [0.15, 0.2) is 96.1 Å². The quantitative estimate of drug-likeness (QED) is 0.265. The molecule has 0 saturated carbocycles. The summed E-state index contributed by atoms with van der Waals surface area (Å²) in [6, 6.07) is 32.1. The highest BCUT2D eigenvalue weighted by Crippen LogP contribution is 2.42. The molecule has 0 radical (unpaired) electrons. The molecule has 1 heterocycles. The number of hydrogen-bond donors (Lipinski definition) is 1. The van der Waals surface area contributed by atoms with E-state index in [-0.39, 0.29) is 5.41 Å². The molecule has 3 heteroatoms. The molecule has 1 aliphatic heterocycles. The third kappa shape index (κ3) is 3.81. The van der Waals surface area contributed by atoms with Gasteiger partial charge < -0.3 is 5.11 Å². The van der Waals surface area contributed by atoms with Crippen molar-refractivity contribution in [2.24, 2.45) is 5.10 Å². The molecule has 6 rings (SSSR count). The van der Waals surface area contributed by atoms with Gasteiger partial charge in [0.05, 0.1) is 19.3 Å². The number of hydrogen-bond acceptors (Lipinski definition) is 3. The minimum absolute atomic E-state index is 0.142. The van der Waals surface area contributed by atoms with Gasteiger partial charge >= 0.3 is 0 Å². The van der Waals surface area contributed by atoms with Gasteiger partial charge in [0.15, 0.2) is 0 Å². The molecule has 5 aromatic carbocycles. The highest BCUT2D eigenvalue weighted by molar-refractivity contribution is 6.08. The van der Waals surface area contributed by atoms with Crippen molar-refractivity contribution in [2.45, 2.75) is 39.3 Å². The molecule has 0 fully saturated rings. The lowest BCUT2D eigenvalue weighted by atomic mass is 9.85. The predicted molar refractivity (Wildman–Crippen MR) is 151 cm³/mol. The van der Waals surface area contributed by atoms with Crippen LogP contribution >= 0.6 is 0 Å². The van der Waals surface area contributed by atoms with Crippen molar-refractivity contribution in [3.63, 3.8) is 0 Å². The molecular formula is C33H30N2O. The van der Waals surface area contributed by atoms with Crippen molar-refractivity contribution in [2.75, 3.05) is 0 Å². The van der Waals surface area contributed by atoms with Gasteiger partial charge in [0.1, 0.15) is 5.75 Å². The van der Waals surface area contributed by atoms with Gasteiger partial charge in [-0.2, -0.15) is 5.10 Å². The van der Waals surface area contributed by atoms with E-state index in [1.54, 1.807) is 6.21 Å². The second kappa shape index (κ2) is 8.53. The third-order valence-corrected chi connectivity index (χ3v) is 7.22. The zero-order chi connectivity index (χ0) is 24.9. The summed E-state index contributed by atoms with van der Waals surface area (Å²) in [5.74, 6) is 0.307. The van der Waals surface area contributed by atoms with Crippen molar-refractivity contribution in [1.82, 2.24) is 5.01 Å². The number of nitrogens with zero attached hydrogens (tertiary/aromatic N) is 2. The zero-order valence-corrected chi connectivity index (χ0v) is 21.0. The van der Waals surface area contributed by atoms with Gasteiger partial charge in [0.2, 0.25) is 0 Å². The Morgan fingerprint density at radius 1 is 0.694 bits per heavy atom. The fourth-order valence-electron chi connectivity index (χ4n) is 5.43. The van der Waals surface area contributed by atoms with Gasteiger partial charge in [-0.3, -0.25) is 5.01 Å². The molecule has 0 aliphatic carbocycles. The molecule has 1 N–H and O–H groups in total. The molecule has 0 unspecified atom stereocenters. The maximum Gasteiger partial charge on any atom is 0.128 e. The van der Waals surface area contributed by atoms with E-state index in [4.69, 9.17) is 5.10 Å². The summed E-state index contributed by atoms with van der Waals surface area (Å²) >= 11 is 0. The molecule has 0 atom stereocenters. The van der Waals surface area contributed by atoms with E-state index in [1.807, 2.05) is 18.2 Å². The first-order valence-corrected chi connectivity index (χ1v) is 12.5. The summed E-state index contributed by atoms with van der Waals surface area (Å²) in [6.45, 7) is 7.72. The molecule has 0 aromatic heterocycles. The van der Waals surface area contributed by atoms with Gasteiger partial charge in [-0.25, -0.2) is 0 Å². The molecule has 0 saturated heterocycles. The van der Waals surface area contributed by atoms with Crippen LogP contribution in [0.2, 0.25) is 0 Å². The smallest absolute Gasteiger partial charge is 0.128 e. The monoisotopic (exact) mass is 470 g/mol. The third-order valence-electron chi connectivity index (χ3n) is 7.22. The lowest BCUT2D eigenvalue weighted by Gasteiger charge is -2.21. The number of para-hydroxylation sites is 1. The summed E-state index contributed by atoms with van der Waals surface area (Å²) in [4.78, 5) is 0. The summed E-state index contributed by atoms with van der Waals surface area (Å²) in [7, 11) is 0. The number of benzene rings is 5. The SMILES string of the molecule is CC(C)(C)c1cccc(/C=N/N2Cc3ccc4ccccc4c3-c3c(ccc4ccccc34)C2)c1O. The first-order chi connectivity index (χ1) is 17.4. The molecule has 0 amide bonds. The van der Waals surface area contributed by atoms with Crippen molar-refractivity contribution in [3.8, 4) is 16.9 Å². The Labute approximate surface area is 212 Å². The van der Waals surface area contributed by atoms with E-state index in [0.29, 0.717) is 18.8 Å². The topological polar surface area (TPSA) is 35.8 Å². The molecule has 178 valence electrons. The summed E-state index contributed by atoms with van der Waals surface area (Å²) in [5, 5.41) is 23.0. The maximum atomic E-state index is 11.0. The van der Waals surface area contributed by atoms with E-state index in [2.05, 4.69) is 98.6 Å². The Morgan fingerprint density at radius 2 is 1.25 bits per heavy atom. The van der Waals surface area contributed by atoms with Gasteiger partial charge in [-0.05, 0) is 60.8 Å². The van der Waals surface area contributed by atoms with Crippen LogP contribution < -0.4 is 0 Å².